The van der Waals surface area contributed by atoms with Crippen molar-refractivity contribution >= 4 is 17.2 Å². The van der Waals surface area contributed by atoms with Gasteiger partial charge in [-0.3, -0.25) is 4.79 Å². The van der Waals surface area contributed by atoms with Crippen LogP contribution in [0.25, 0.3) is 10.4 Å². The van der Waals surface area contributed by atoms with Crippen molar-refractivity contribution in [2.45, 2.75) is 0 Å². The van der Waals surface area contributed by atoms with Crippen molar-refractivity contribution in [1.82, 2.24) is 0 Å². The number of thiophene rings is 1. The number of carbonyl (C=O) groups excluding carboxylic acids is 1. The van der Waals surface area contributed by atoms with Gasteiger partial charge in [0.1, 0.15) is 5.75 Å². The van der Waals surface area contributed by atoms with E-state index in [1.54, 1.807) is 12.1 Å². The number of hydrogen-bond acceptors (Lipinski definition) is 3. The molecule has 3 nitrogen and oxygen atoms in total. The second kappa shape index (κ2) is 3.74. The van der Waals surface area contributed by atoms with Gasteiger partial charge in [0.05, 0.1) is 5.56 Å². The number of rotatable bonds is 2. The molecule has 0 aliphatic heterocycles. The fourth-order valence-corrected chi connectivity index (χ4v) is 2.19. The van der Waals surface area contributed by atoms with Crippen LogP contribution < -0.4 is 5.73 Å². The molecule has 0 bridgehead atoms. The molecular formula is C11H9NO2S. The van der Waals surface area contributed by atoms with Crippen molar-refractivity contribution in [3.8, 4) is 16.2 Å². The van der Waals surface area contributed by atoms with E-state index in [0.29, 0.717) is 5.56 Å². The molecule has 0 saturated carbocycles. The molecule has 1 aromatic carbocycles. The Morgan fingerprint density at radius 2 is 2.07 bits per heavy atom. The number of primary amides is 1. The van der Waals surface area contributed by atoms with Crippen molar-refractivity contribution in [2.24, 2.45) is 5.73 Å². The molecule has 4 heteroatoms. The smallest absolute Gasteiger partial charge is 0.253 e. The third-order valence-corrected chi connectivity index (χ3v) is 2.98. The van der Waals surface area contributed by atoms with Crippen molar-refractivity contribution in [1.29, 1.82) is 0 Å². The van der Waals surface area contributed by atoms with Gasteiger partial charge < -0.3 is 10.8 Å². The Labute approximate surface area is 90.8 Å². The highest BCUT2D eigenvalue weighted by atomic mass is 32.1. The lowest BCUT2D eigenvalue weighted by Gasteiger charge is -2.06. The van der Waals surface area contributed by atoms with Crippen LogP contribution in [0.5, 0.6) is 5.75 Å². The molecule has 1 aromatic heterocycles. The van der Waals surface area contributed by atoms with Gasteiger partial charge in [0.25, 0.3) is 5.91 Å². The third-order valence-electron chi connectivity index (χ3n) is 2.08. The quantitative estimate of drug-likeness (QED) is 0.813. The minimum atomic E-state index is -0.614. The summed E-state index contributed by atoms with van der Waals surface area (Å²) in [5.74, 6) is -0.690. The molecule has 0 fully saturated rings. The average molecular weight is 219 g/mol. The van der Waals surface area contributed by atoms with E-state index in [2.05, 4.69) is 0 Å². The Morgan fingerprint density at radius 3 is 2.67 bits per heavy atom. The molecule has 0 radical (unpaired) electrons. The van der Waals surface area contributed by atoms with E-state index in [9.17, 15) is 9.90 Å². The topological polar surface area (TPSA) is 63.3 Å². The molecule has 15 heavy (non-hydrogen) atoms. The van der Waals surface area contributed by atoms with Gasteiger partial charge in [-0.05, 0) is 17.5 Å². The fourth-order valence-electron chi connectivity index (χ4n) is 1.44. The predicted molar refractivity (Wildman–Crippen MR) is 59.9 cm³/mol. The first-order valence-corrected chi connectivity index (χ1v) is 5.24. The van der Waals surface area contributed by atoms with E-state index in [1.807, 2.05) is 17.5 Å². The second-order valence-electron chi connectivity index (χ2n) is 3.04. The lowest BCUT2D eigenvalue weighted by molar-refractivity contribution is 0.0998. The molecule has 0 spiro atoms. The highest BCUT2D eigenvalue weighted by Gasteiger charge is 2.14. The van der Waals surface area contributed by atoms with Gasteiger partial charge in [0.2, 0.25) is 0 Å². The van der Waals surface area contributed by atoms with E-state index in [0.717, 1.165) is 4.88 Å². The molecule has 3 N–H and O–H groups in total. The lowest BCUT2D eigenvalue weighted by atomic mass is 10.0. The number of nitrogens with two attached hydrogens (primary N) is 1. The summed E-state index contributed by atoms with van der Waals surface area (Å²) in [5, 5.41) is 11.5. The number of benzene rings is 1. The van der Waals surface area contributed by atoms with Crippen LogP contribution in [0, 0.1) is 0 Å². The molecule has 1 amide bonds. The van der Waals surface area contributed by atoms with Gasteiger partial charge in [0, 0.05) is 10.4 Å². The minimum Gasteiger partial charge on any atom is -0.507 e. The van der Waals surface area contributed by atoms with Gasteiger partial charge in [-0.2, -0.15) is 0 Å². The molecule has 0 unspecified atom stereocenters. The summed E-state index contributed by atoms with van der Waals surface area (Å²) in [7, 11) is 0. The van der Waals surface area contributed by atoms with Crippen LogP contribution in [-0.2, 0) is 0 Å². The lowest BCUT2D eigenvalue weighted by Crippen LogP contribution is -2.12. The Morgan fingerprint density at radius 1 is 1.27 bits per heavy atom. The summed E-state index contributed by atoms with van der Waals surface area (Å²) >= 11 is 1.50. The number of carbonyl (C=O) groups is 1. The van der Waals surface area contributed by atoms with Crippen LogP contribution in [0.2, 0.25) is 0 Å². The molecule has 0 aliphatic rings. The second-order valence-corrected chi connectivity index (χ2v) is 3.99. The van der Waals surface area contributed by atoms with E-state index in [1.165, 1.54) is 17.4 Å². The Kier molecular flexibility index (Phi) is 2.43. The number of hydrogen-bond donors (Lipinski definition) is 2. The average Bonchev–Trinajstić information content (AvgIpc) is 2.69. The SMILES string of the molecule is NC(=O)c1c(O)cccc1-c1cccs1. The van der Waals surface area contributed by atoms with E-state index >= 15 is 0 Å². The summed E-state index contributed by atoms with van der Waals surface area (Å²) < 4.78 is 0. The molecular weight excluding hydrogens is 210 g/mol. The molecule has 0 atom stereocenters. The predicted octanol–water partition coefficient (Wildman–Crippen LogP) is 2.22. The number of phenols is 1. The van der Waals surface area contributed by atoms with Crippen molar-refractivity contribution in [3.05, 3.63) is 41.3 Å². The highest BCUT2D eigenvalue weighted by molar-refractivity contribution is 7.13. The summed E-state index contributed by atoms with van der Waals surface area (Å²) in [6, 6.07) is 8.68. The largest absolute Gasteiger partial charge is 0.507 e. The maximum atomic E-state index is 11.2. The molecule has 0 saturated heterocycles. The summed E-state index contributed by atoms with van der Waals surface area (Å²) in [4.78, 5) is 12.1. The summed E-state index contributed by atoms with van der Waals surface area (Å²) in [6.45, 7) is 0. The summed E-state index contributed by atoms with van der Waals surface area (Å²) in [6.07, 6.45) is 0. The molecule has 2 aromatic rings. The number of aromatic hydroxyl groups is 1. The third kappa shape index (κ3) is 1.71. The van der Waals surface area contributed by atoms with Gasteiger partial charge >= 0.3 is 0 Å². The number of amides is 1. The van der Waals surface area contributed by atoms with E-state index < -0.39 is 5.91 Å². The zero-order chi connectivity index (χ0) is 10.8. The molecule has 0 aliphatic carbocycles. The Balaban J connectivity index is 2.66. The van der Waals surface area contributed by atoms with Gasteiger partial charge in [-0.1, -0.05) is 18.2 Å². The standard InChI is InChI=1S/C11H9NO2S/c12-11(14)10-7(3-1-4-8(10)13)9-5-2-6-15-9/h1-6,13H,(H2,12,14). The first kappa shape index (κ1) is 9.73. The van der Waals surface area contributed by atoms with Crippen molar-refractivity contribution in [3.63, 3.8) is 0 Å². The molecule has 2 rings (SSSR count). The van der Waals surface area contributed by atoms with Gasteiger partial charge in [-0.25, -0.2) is 0 Å². The minimum absolute atomic E-state index is 0.0756. The van der Waals surface area contributed by atoms with Gasteiger partial charge in [-0.15, -0.1) is 11.3 Å². The Hall–Kier alpha value is -1.81. The van der Waals surface area contributed by atoms with E-state index in [4.69, 9.17) is 5.73 Å². The molecule has 1 heterocycles. The highest BCUT2D eigenvalue weighted by Crippen LogP contribution is 2.32. The zero-order valence-corrected chi connectivity index (χ0v) is 8.62. The monoisotopic (exact) mass is 219 g/mol. The van der Waals surface area contributed by atoms with Crippen molar-refractivity contribution in [2.75, 3.05) is 0 Å². The van der Waals surface area contributed by atoms with Crippen molar-refractivity contribution < 1.29 is 9.90 Å². The first-order valence-electron chi connectivity index (χ1n) is 4.36. The van der Waals surface area contributed by atoms with Crippen LogP contribution in [0.1, 0.15) is 10.4 Å². The van der Waals surface area contributed by atoms with Crippen LogP contribution >= 0.6 is 11.3 Å². The van der Waals surface area contributed by atoms with Crippen LogP contribution in [-0.4, -0.2) is 11.0 Å². The normalized spacial score (nSPS) is 10.1. The van der Waals surface area contributed by atoms with Gasteiger partial charge in [0.15, 0.2) is 0 Å². The molecule has 76 valence electrons. The maximum absolute atomic E-state index is 11.2. The van der Waals surface area contributed by atoms with Crippen LogP contribution in [0.15, 0.2) is 35.7 Å². The maximum Gasteiger partial charge on any atom is 0.253 e. The first-order chi connectivity index (χ1) is 7.20. The fraction of sp³-hybridized carbons (Fsp3) is 0. The van der Waals surface area contributed by atoms with Crippen LogP contribution in [0.4, 0.5) is 0 Å². The Bertz CT molecular complexity index is 491. The van der Waals surface area contributed by atoms with E-state index in [-0.39, 0.29) is 11.3 Å². The van der Waals surface area contributed by atoms with Crippen LogP contribution in [0.3, 0.4) is 0 Å². The zero-order valence-electron chi connectivity index (χ0n) is 7.81. The summed E-state index contributed by atoms with van der Waals surface area (Å²) in [5.41, 5.74) is 6.09.